The summed E-state index contributed by atoms with van der Waals surface area (Å²) in [6.07, 6.45) is 3.12. The van der Waals surface area contributed by atoms with Gasteiger partial charge in [-0.2, -0.15) is 0 Å². The molecule has 0 bridgehead atoms. The van der Waals surface area contributed by atoms with Crippen LogP contribution in [0.2, 0.25) is 0 Å². The number of aromatic nitrogens is 1. The van der Waals surface area contributed by atoms with E-state index in [0.717, 1.165) is 35.9 Å². The number of methoxy groups -OCH3 is 1. The van der Waals surface area contributed by atoms with Crippen molar-refractivity contribution in [2.24, 2.45) is 5.92 Å². The second kappa shape index (κ2) is 8.59. The van der Waals surface area contributed by atoms with Crippen LogP contribution in [-0.4, -0.2) is 29.7 Å². The van der Waals surface area contributed by atoms with Crippen LogP contribution in [0.5, 0.6) is 0 Å². The molecule has 2 aromatic heterocycles. The quantitative estimate of drug-likeness (QED) is 0.441. The van der Waals surface area contributed by atoms with Crippen molar-refractivity contribution in [1.29, 1.82) is 0 Å². The maximum Gasteiger partial charge on any atom is 0.341 e. The Labute approximate surface area is 177 Å². The van der Waals surface area contributed by atoms with E-state index in [1.54, 1.807) is 0 Å². The number of carbonyl (C=O) groups excluding carboxylic acids is 2. The van der Waals surface area contributed by atoms with Gasteiger partial charge in [-0.25, -0.2) is 9.78 Å². The van der Waals surface area contributed by atoms with Gasteiger partial charge in [-0.05, 0) is 42.9 Å². The van der Waals surface area contributed by atoms with Crippen LogP contribution in [0.15, 0.2) is 33.9 Å². The first kappa shape index (κ1) is 20.0. The number of thiophene rings is 1. The summed E-state index contributed by atoms with van der Waals surface area (Å²) in [6, 6.07) is 7.57. The molecular formula is C21H22N2O4S2. The highest BCUT2D eigenvalue weighted by Crippen LogP contribution is 2.40. The molecule has 0 saturated carbocycles. The van der Waals surface area contributed by atoms with Crippen LogP contribution < -0.4 is 5.32 Å². The van der Waals surface area contributed by atoms with Gasteiger partial charge < -0.3 is 14.5 Å². The van der Waals surface area contributed by atoms with Gasteiger partial charge in [-0.15, -0.1) is 11.3 Å². The third-order valence-electron chi connectivity index (χ3n) is 4.98. The molecule has 1 aromatic carbocycles. The van der Waals surface area contributed by atoms with E-state index >= 15 is 0 Å². The second-order valence-electron chi connectivity index (χ2n) is 7.14. The largest absolute Gasteiger partial charge is 0.465 e. The van der Waals surface area contributed by atoms with Crippen molar-refractivity contribution in [2.45, 2.75) is 37.8 Å². The molecule has 1 aliphatic rings. The van der Waals surface area contributed by atoms with Crippen LogP contribution in [0, 0.1) is 5.92 Å². The standard InChI is InChI=1S/C21H22N2O4S2/c1-12-7-8-13-16(11-12)29-19(18(13)20(25)26-2)23-17(24)9-10-28-21-22-14-5-3-4-6-15(14)27-21/h3-6,12H,7-11H2,1-2H3,(H,23,24). The van der Waals surface area contributed by atoms with Crippen molar-refractivity contribution in [3.8, 4) is 0 Å². The Morgan fingerprint density at radius 2 is 2.21 bits per heavy atom. The van der Waals surface area contributed by atoms with Crippen molar-refractivity contribution in [3.63, 3.8) is 0 Å². The predicted octanol–water partition coefficient (Wildman–Crippen LogP) is 4.92. The second-order valence-corrected chi connectivity index (χ2v) is 9.29. The first-order valence-corrected chi connectivity index (χ1v) is 11.4. The van der Waals surface area contributed by atoms with Crippen molar-refractivity contribution in [3.05, 3.63) is 40.3 Å². The number of benzene rings is 1. The Kier molecular flexibility index (Phi) is 5.91. The molecule has 0 saturated heterocycles. The molecule has 1 N–H and O–H groups in total. The number of fused-ring (bicyclic) bond motifs is 2. The third kappa shape index (κ3) is 4.33. The molecule has 3 aromatic rings. The summed E-state index contributed by atoms with van der Waals surface area (Å²) in [7, 11) is 1.38. The van der Waals surface area contributed by atoms with Gasteiger partial charge in [0.15, 0.2) is 5.58 Å². The number of nitrogens with one attached hydrogen (secondary N) is 1. The average molecular weight is 431 g/mol. The summed E-state index contributed by atoms with van der Waals surface area (Å²) >= 11 is 2.90. The number of ether oxygens (including phenoxy) is 1. The lowest BCUT2D eigenvalue weighted by Gasteiger charge is -2.18. The highest BCUT2D eigenvalue weighted by atomic mass is 32.2. The Morgan fingerprint density at radius 1 is 1.38 bits per heavy atom. The maximum absolute atomic E-state index is 12.5. The predicted molar refractivity (Wildman–Crippen MR) is 115 cm³/mol. The van der Waals surface area contributed by atoms with E-state index in [4.69, 9.17) is 9.15 Å². The maximum atomic E-state index is 12.5. The number of anilines is 1. The van der Waals surface area contributed by atoms with Crippen LogP contribution in [0.4, 0.5) is 5.00 Å². The number of para-hydroxylation sites is 2. The molecule has 0 spiro atoms. The molecule has 0 fully saturated rings. The number of hydrogen-bond acceptors (Lipinski definition) is 7. The number of nitrogens with zero attached hydrogens (tertiary/aromatic N) is 1. The molecule has 0 radical (unpaired) electrons. The normalized spacial score (nSPS) is 15.9. The molecule has 6 nitrogen and oxygen atoms in total. The van der Waals surface area contributed by atoms with Gasteiger partial charge in [0.25, 0.3) is 5.22 Å². The summed E-state index contributed by atoms with van der Waals surface area (Å²) < 4.78 is 10.6. The number of rotatable bonds is 6. The van der Waals surface area contributed by atoms with Crippen LogP contribution >= 0.6 is 23.1 Å². The first-order chi connectivity index (χ1) is 14.0. The van der Waals surface area contributed by atoms with E-state index in [0.29, 0.717) is 33.9 Å². The zero-order valence-electron chi connectivity index (χ0n) is 16.3. The average Bonchev–Trinajstić information content (AvgIpc) is 3.27. The summed E-state index contributed by atoms with van der Waals surface area (Å²) in [5.41, 5.74) is 3.11. The van der Waals surface area contributed by atoms with Crippen LogP contribution in [-0.2, 0) is 22.4 Å². The van der Waals surface area contributed by atoms with Crippen molar-refractivity contribution in [2.75, 3.05) is 18.2 Å². The minimum Gasteiger partial charge on any atom is -0.465 e. The van der Waals surface area contributed by atoms with Crippen molar-refractivity contribution < 1.29 is 18.7 Å². The number of esters is 1. The number of hydrogen-bond donors (Lipinski definition) is 1. The summed E-state index contributed by atoms with van der Waals surface area (Å²) in [4.78, 5) is 30.4. The highest BCUT2D eigenvalue weighted by Gasteiger charge is 2.28. The van der Waals surface area contributed by atoms with E-state index in [1.165, 1.54) is 35.1 Å². The minimum atomic E-state index is -0.381. The summed E-state index contributed by atoms with van der Waals surface area (Å²) in [5.74, 6) is 0.607. The lowest BCUT2D eigenvalue weighted by molar-refractivity contribution is -0.115. The summed E-state index contributed by atoms with van der Waals surface area (Å²) in [5, 5.41) is 4.08. The van der Waals surface area contributed by atoms with Gasteiger partial charge in [0.1, 0.15) is 10.5 Å². The van der Waals surface area contributed by atoms with Gasteiger partial charge in [-0.3, -0.25) is 4.79 Å². The van der Waals surface area contributed by atoms with Crippen molar-refractivity contribution >= 4 is 51.1 Å². The molecular weight excluding hydrogens is 408 g/mol. The fourth-order valence-corrected chi connectivity index (χ4v) is 5.68. The number of oxazole rings is 1. The Balaban J connectivity index is 1.40. The molecule has 1 unspecified atom stereocenters. The SMILES string of the molecule is COC(=O)c1c(NC(=O)CCSc2nc3ccccc3o2)sc2c1CCC(C)C2. The molecule has 1 atom stereocenters. The molecule has 1 amide bonds. The molecule has 8 heteroatoms. The van der Waals surface area contributed by atoms with Gasteiger partial charge in [0.2, 0.25) is 5.91 Å². The van der Waals surface area contributed by atoms with Crippen LogP contribution in [0.1, 0.15) is 40.6 Å². The van der Waals surface area contributed by atoms with E-state index in [2.05, 4.69) is 17.2 Å². The van der Waals surface area contributed by atoms with Gasteiger partial charge >= 0.3 is 5.97 Å². The fourth-order valence-electron chi connectivity index (χ4n) is 3.49. The highest BCUT2D eigenvalue weighted by molar-refractivity contribution is 7.99. The Morgan fingerprint density at radius 3 is 3.00 bits per heavy atom. The number of amides is 1. The van der Waals surface area contributed by atoms with Gasteiger partial charge in [0.05, 0.1) is 12.7 Å². The lowest BCUT2D eigenvalue weighted by Crippen LogP contribution is -2.16. The molecule has 2 heterocycles. The smallest absolute Gasteiger partial charge is 0.341 e. The third-order valence-corrected chi connectivity index (χ3v) is 6.98. The number of thioether (sulfide) groups is 1. The van der Waals surface area contributed by atoms with E-state index in [9.17, 15) is 9.59 Å². The van der Waals surface area contributed by atoms with Gasteiger partial charge in [-0.1, -0.05) is 30.8 Å². The number of carbonyl (C=O) groups is 2. The molecule has 1 aliphatic carbocycles. The topological polar surface area (TPSA) is 81.4 Å². The zero-order valence-corrected chi connectivity index (χ0v) is 18.0. The molecule has 0 aliphatic heterocycles. The molecule has 152 valence electrons. The monoisotopic (exact) mass is 430 g/mol. The molecule has 29 heavy (non-hydrogen) atoms. The Bertz CT molecular complexity index is 1020. The fraction of sp³-hybridized carbons (Fsp3) is 0.381. The van der Waals surface area contributed by atoms with E-state index in [-0.39, 0.29) is 11.9 Å². The van der Waals surface area contributed by atoms with E-state index < -0.39 is 0 Å². The van der Waals surface area contributed by atoms with Gasteiger partial charge in [0, 0.05) is 17.1 Å². The zero-order chi connectivity index (χ0) is 20.4. The van der Waals surface area contributed by atoms with E-state index in [1.807, 2.05) is 24.3 Å². The van der Waals surface area contributed by atoms with Crippen LogP contribution in [0.3, 0.4) is 0 Å². The van der Waals surface area contributed by atoms with Crippen LogP contribution in [0.25, 0.3) is 11.1 Å². The lowest BCUT2D eigenvalue weighted by atomic mass is 9.88. The Hall–Kier alpha value is -2.32. The van der Waals surface area contributed by atoms with Crippen molar-refractivity contribution in [1.82, 2.24) is 4.98 Å². The minimum absolute atomic E-state index is 0.134. The molecule has 4 rings (SSSR count). The summed E-state index contributed by atoms with van der Waals surface area (Å²) in [6.45, 7) is 2.21. The first-order valence-electron chi connectivity index (χ1n) is 9.56.